The predicted octanol–water partition coefficient (Wildman–Crippen LogP) is 0.717. The van der Waals surface area contributed by atoms with E-state index in [2.05, 4.69) is 15.5 Å². The van der Waals surface area contributed by atoms with Crippen LogP contribution in [0.5, 0.6) is 0 Å². The Morgan fingerprint density at radius 3 is 2.94 bits per heavy atom. The molecule has 102 valence electrons. The molecule has 1 fully saturated rings. The molecule has 0 aliphatic carbocycles. The smallest absolute Gasteiger partial charge is 0.244 e. The van der Waals surface area contributed by atoms with Crippen LogP contribution >= 0.6 is 0 Å². The number of hydrogen-bond donors (Lipinski definition) is 1. The monoisotopic (exact) mass is 273 g/mol. The summed E-state index contributed by atoms with van der Waals surface area (Å²) in [6.45, 7) is 3.60. The van der Waals surface area contributed by atoms with Crippen molar-refractivity contribution in [3.05, 3.63) is 11.7 Å². The molecule has 0 saturated carbocycles. The van der Waals surface area contributed by atoms with Crippen molar-refractivity contribution in [1.29, 1.82) is 0 Å². The van der Waals surface area contributed by atoms with Gasteiger partial charge in [-0.25, -0.2) is 8.42 Å². The van der Waals surface area contributed by atoms with E-state index < -0.39 is 15.1 Å². The number of nitrogens with zero attached hydrogens (tertiary/aromatic N) is 2. The van der Waals surface area contributed by atoms with Gasteiger partial charge in [0.15, 0.2) is 15.7 Å². The number of piperidine rings is 1. The van der Waals surface area contributed by atoms with Crippen molar-refractivity contribution in [1.82, 2.24) is 15.5 Å². The molecule has 0 spiro atoms. The highest BCUT2D eigenvalue weighted by Gasteiger charge is 2.24. The molecule has 1 N–H and O–H groups in total. The molecule has 7 heteroatoms. The third kappa shape index (κ3) is 3.29. The molecule has 1 aliphatic rings. The summed E-state index contributed by atoms with van der Waals surface area (Å²) >= 11 is 0. The maximum Gasteiger partial charge on any atom is 0.244 e. The Hall–Kier alpha value is -0.950. The summed E-state index contributed by atoms with van der Waals surface area (Å²) in [5.74, 6) is 1.31. The molecule has 1 aromatic heterocycles. The molecule has 0 aromatic carbocycles. The van der Waals surface area contributed by atoms with E-state index in [4.69, 9.17) is 4.52 Å². The lowest BCUT2D eigenvalue weighted by atomic mass is 9.96. The van der Waals surface area contributed by atoms with Gasteiger partial charge in [0.05, 0.1) is 0 Å². The van der Waals surface area contributed by atoms with Crippen LogP contribution < -0.4 is 5.32 Å². The van der Waals surface area contributed by atoms with E-state index >= 15 is 0 Å². The third-order valence-corrected chi connectivity index (χ3v) is 4.83. The second-order valence-electron chi connectivity index (χ2n) is 4.94. The molecule has 2 unspecified atom stereocenters. The Morgan fingerprint density at radius 1 is 1.56 bits per heavy atom. The highest BCUT2D eigenvalue weighted by atomic mass is 32.2. The lowest BCUT2D eigenvalue weighted by molar-refractivity contribution is 0.349. The summed E-state index contributed by atoms with van der Waals surface area (Å²) in [6, 6.07) is 0. The molecule has 0 amide bonds. The zero-order chi connectivity index (χ0) is 13.2. The molecule has 2 heterocycles. The fourth-order valence-corrected chi connectivity index (χ4v) is 2.52. The van der Waals surface area contributed by atoms with Crippen LogP contribution in [0.15, 0.2) is 4.52 Å². The average molecular weight is 273 g/mol. The van der Waals surface area contributed by atoms with Crippen molar-refractivity contribution in [3.8, 4) is 0 Å². The second kappa shape index (κ2) is 5.36. The van der Waals surface area contributed by atoms with E-state index in [9.17, 15) is 8.42 Å². The van der Waals surface area contributed by atoms with E-state index in [0.717, 1.165) is 32.4 Å². The van der Waals surface area contributed by atoms with Crippen molar-refractivity contribution in [3.63, 3.8) is 0 Å². The van der Waals surface area contributed by atoms with Gasteiger partial charge in [-0.05, 0) is 38.8 Å². The number of aromatic nitrogens is 2. The second-order valence-corrected chi connectivity index (χ2v) is 7.30. The minimum atomic E-state index is -3.18. The van der Waals surface area contributed by atoms with Crippen molar-refractivity contribution in [2.24, 2.45) is 5.92 Å². The van der Waals surface area contributed by atoms with E-state index in [1.165, 1.54) is 6.26 Å². The molecule has 2 rings (SSSR count). The summed E-state index contributed by atoms with van der Waals surface area (Å²) in [5, 5.41) is 6.46. The van der Waals surface area contributed by atoms with Gasteiger partial charge >= 0.3 is 0 Å². The molecule has 1 saturated heterocycles. The molecule has 2 atom stereocenters. The molecular formula is C11H19N3O3S. The van der Waals surface area contributed by atoms with Gasteiger partial charge in [-0.2, -0.15) is 4.98 Å². The van der Waals surface area contributed by atoms with Gasteiger partial charge in [-0.3, -0.25) is 0 Å². The summed E-state index contributed by atoms with van der Waals surface area (Å²) in [5.41, 5.74) is 0. The maximum atomic E-state index is 11.4. The molecule has 1 aliphatic heterocycles. The number of rotatable bonds is 4. The Morgan fingerprint density at radius 2 is 2.33 bits per heavy atom. The average Bonchev–Trinajstić information content (AvgIpc) is 2.76. The van der Waals surface area contributed by atoms with Crippen LogP contribution in [0.2, 0.25) is 0 Å². The first-order valence-electron chi connectivity index (χ1n) is 6.19. The predicted molar refractivity (Wildman–Crippen MR) is 66.9 cm³/mol. The first-order valence-corrected chi connectivity index (χ1v) is 8.14. The van der Waals surface area contributed by atoms with Crippen LogP contribution in [0.1, 0.15) is 36.7 Å². The standard InChI is InChI=1S/C11H19N3O3S/c1-8(18(2,15)16)11-13-10(14-17-11)6-9-4-3-5-12-7-9/h8-9,12H,3-7H2,1-2H3. The zero-order valence-electron chi connectivity index (χ0n) is 10.7. The maximum absolute atomic E-state index is 11.4. The lowest BCUT2D eigenvalue weighted by Gasteiger charge is -2.20. The van der Waals surface area contributed by atoms with Crippen LogP contribution in [-0.4, -0.2) is 37.9 Å². The Bertz CT molecular complexity index is 491. The first-order chi connectivity index (χ1) is 8.47. The SMILES string of the molecule is CC(c1nc(CC2CCCNC2)no1)S(C)(=O)=O. The molecule has 0 bridgehead atoms. The molecule has 0 radical (unpaired) electrons. The Balaban J connectivity index is 2.01. The van der Waals surface area contributed by atoms with Crippen molar-refractivity contribution in [2.45, 2.75) is 31.4 Å². The topological polar surface area (TPSA) is 85.1 Å². The van der Waals surface area contributed by atoms with Gasteiger partial charge < -0.3 is 9.84 Å². The van der Waals surface area contributed by atoms with Crippen LogP contribution in [0.4, 0.5) is 0 Å². The highest BCUT2D eigenvalue weighted by molar-refractivity contribution is 7.90. The first kappa shape index (κ1) is 13.5. The quantitative estimate of drug-likeness (QED) is 0.870. The van der Waals surface area contributed by atoms with Crippen molar-refractivity contribution >= 4 is 9.84 Å². The minimum absolute atomic E-state index is 0.191. The van der Waals surface area contributed by atoms with Crippen LogP contribution in [0.25, 0.3) is 0 Å². The third-order valence-electron chi connectivity index (χ3n) is 3.34. The van der Waals surface area contributed by atoms with Gasteiger partial charge in [0.2, 0.25) is 5.89 Å². The molecule has 1 aromatic rings. The fraction of sp³-hybridized carbons (Fsp3) is 0.818. The van der Waals surface area contributed by atoms with Crippen LogP contribution in [0, 0.1) is 5.92 Å². The normalized spacial score (nSPS) is 22.9. The fourth-order valence-electron chi connectivity index (χ4n) is 2.06. The molecule has 6 nitrogen and oxygen atoms in total. The zero-order valence-corrected chi connectivity index (χ0v) is 11.5. The molecular weight excluding hydrogens is 254 g/mol. The van der Waals surface area contributed by atoms with E-state index in [-0.39, 0.29) is 5.89 Å². The lowest BCUT2D eigenvalue weighted by Crippen LogP contribution is -2.31. The minimum Gasteiger partial charge on any atom is -0.338 e. The number of nitrogens with one attached hydrogen (secondary N) is 1. The van der Waals surface area contributed by atoms with Gasteiger partial charge in [0, 0.05) is 12.7 Å². The van der Waals surface area contributed by atoms with Crippen LogP contribution in [0.3, 0.4) is 0 Å². The number of sulfone groups is 1. The van der Waals surface area contributed by atoms with E-state index in [0.29, 0.717) is 11.7 Å². The highest BCUT2D eigenvalue weighted by Crippen LogP contribution is 2.20. The van der Waals surface area contributed by atoms with E-state index in [1.54, 1.807) is 6.92 Å². The Kier molecular flexibility index (Phi) is 4.01. The summed E-state index contributed by atoms with van der Waals surface area (Å²) in [4.78, 5) is 4.19. The molecule has 18 heavy (non-hydrogen) atoms. The van der Waals surface area contributed by atoms with Crippen LogP contribution in [-0.2, 0) is 16.3 Å². The van der Waals surface area contributed by atoms with Gasteiger partial charge in [-0.15, -0.1) is 0 Å². The van der Waals surface area contributed by atoms with Gasteiger partial charge in [0.1, 0.15) is 5.25 Å². The largest absolute Gasteiger partial charge is 0.338 e. The Labute approximate surface area is 107 Å². The summed E-state index contributed by atoms with van der Waals surface area (Å²) in [7, 11) is -3.18. The van der Waals surface area contributed by atoms with E-state index in [1.807, 2.05) is 0 Å². The van der Waals surface area contributed by atoms with Gasteiger partial charge in [-0.1, -0.05) is 5.16 Å². The number of hydrogen-bond acceptors (Lipinski definition) is 6. The summed E-state index contributed by atoms with van der Waals surface area (Å²) in [6.07, 6.45) is 4.23. The van der Waals surface area contributed by atoms with Crippen molar-refractivity contribution in [2.75, 3.05) is 19.3 Å². The summed E-state index contributed by atoms with van der Waals surface area (Å²) < 4.78 is 27.8. The van der Waals surface area contributed by atoms with Crippen molar-refractivity contribution < 1.29 is 12.9 Å². The van der Waals surface area contributed by atoms with Gasteiger partial charge in [0.25, 0.3) is 0 Å².